The van der Waals surface area contributed by atoms with Crippen LogP contribution in [0, 0.1) is 20.8 Å². The van der Waals surface area contributed by atoms with Gasteiger partial charge in [0.1, 0.15) is 11.9 Å². The van der Waals surface area contributed by atoms with Crippen LogP contribution in [0.2, 0.25) is 0 Å². The van der Waals surface area contributed by atoms with Crippen LogP contribution in [0.1, 0.15) is 28.6 Å². The molecule has 7 heteroatoms. The fraction of sp³-hybridized carbons (Fsp3) is 0.400. The van der Waals surface area contributed by atoms with Crippen molar-refractivity contribution in [3.63, 3.8) is 0 Å². The van der Waals surface area contributed by atoms with Crippen LogP contribution in [0.15, 0.2) is 18.3 Å². The lowest BCUT2D eigenvalue weighted by atomic mass is 10.1. The van der Waals surface area contributed by atoms with E-state index in [2.05, 4.69) is 25.8 Å². The van der Waals surface area contributed by atoms with Crippen molar-refractivity contribution in [3.8, 4) is 0 Å². The summed E-state index contributed by atoms with van der Waals surface area (Å²) in [5, 5.41) is 12.9. The number of H-pyrrole nitrogens is 1. The third-order valence-corrected chi connectivity index (χ3v) is 3.42. The molecule has 2 rings (SSSR count). The number of aryl methyl sites for hydroxylation is 3. The van der Waals surface area contributed by atoms with E-state index in [1.807, 2.05) is 32.9 Å². The van der Waals surface area contributed by atoms with E-state index in [4.69, 9.17) is 5.73 Å². The second-order valence-corrected chi connectivity index (χ2v) is 5.26. The Morgan fingerprint density at radius 3 is 2.77 bits per heavy atom. The minimum absolute atomic E-state index is 0.216. The number of nitrogens with zero attached hydrogens (tertiary/aromatic N) is 2. The van der Waals surface area contributed by atoms with Crippen molar-refractivity contribution in [2.75, 3.05) is 18.4 Å². The number of amides is 1. The van der Waals surface area contributed by atoms with Gasteiger partial charge in [-0.3, -0.25) is 9.89 Å². The van der Waals surface area contributed by atoms with Gasteiger partial charge in [-0.25, -0.2) is 4.98 Å². The highest BCUT2D eigenvalue weighted by Gasteiger charge is 2.21. The molecule has 118 valence electrons. The quantitative estimate of drug-likeness (QED) is 0.594. The van der Waals surface area contributed by atoms with Crippen molar-refractivity contribution in [2.45, 2.75) is 26.8 Å². The number of hydrogen-bond acceptors (Lipinski definition) is 5. The molecule has 2 aromatic heterocycles. The second-order valence-electron chi connectivity index (χ2n) is 5.26. The van der Waals surface area contributed by atoms with Crippen molar-refractivity contribution in [3.05, 3.63) is 40.8 Å². The van der Waals surface area contributed by atoms with Crippen LogP contribution in [0.3, 0.4) is 0 Å². The summed E-state index contributed by atoms with van der Waals surface area (Å²) < 4.78 is 0. The SMILES string of the molecule is Cc1ccnc(NCCNC(=O)[C@H](N)c2c(C)n[nH]c2C)c1. The molecule has 0 saturated heterocycles. The van der Waals surface area contributed by atoms with E-state index in [1.54, 1.807) is 6.20 Å². The summed E-state index contributed by atoms with van der Waals surface area (Å²) in [6, 6.07) is 3.17. The van der Waals surface area contributed by atoms with Crippen molar-refractivity contribution >= 4 is 11.7 Å². The molecule has 1 amide bonds. The Kier molecular flexibility index (Phi) is 5.11. The van der Waals surface area contributed by atoms with Crippen molar-refractivity contribution in [1.82, 2.24) is 20.5 Å². The number of aromatic amines is 1. The molecule has 0 aliphatic heterocycles. The molecule has 0 unspecified atom stereocenters. The van der Waals surface area contributed by atoms with Crippen LogP contribution in [0.5, 0.6) is 0 Å². The number of carbonyl (C=O) groups is 1. The molecule has 1 atom stereocenters. The molecule has 0 aliphatic carbocycles. The van der Waals surface area contributed by atoms with E-state index in [0.29, 0.717) is 13.1 Å². The van der Waals surface area contributed by atoms with E-state index < -0.39 is 6.04 Å². The lowest BCUT2D eigenvalue weighted by molar-refractivity contribution is -0.122. The molecule has 0 aliphatic rings. The smallest absolute Gasteiger partial charge is 0.241 e. The van der Waals surface area contributed by atoms with Crippen molar-refractivity contribution in [1.29, 1.82) is 0 Å². The summed E-state index contributed by atoms with van der Waals surface area (Å²) in [5.41, 5.74) is 9.46. The number of rotatable bonds is 6. The molecular weight excluding hydrogens is 280 g/mol. The summed E-state index contributed by atoms with van der Waals surface area (Å²) in [4.78, 5) is 16.3. The molecular formula is C15H22N6O. The predicted molar refractivity (Wildman–Crippen MR) is 85.5 cm³/mol. The molecule has 0 saturated carbocycles. The molecule has 2 aromatic rings. The molecule has 22 heavy (non-hydrogen) atoms. The van der Waals surface area contributed by atoms with Gasteiger partial charge in [0.25, 0.3) is 0 Å². The zero-order chi connectivity index (χ0) is 16.1. The fourth-order valence-electron chi connectivity index (χ4n) is 2.27. The highest BCUT2D eigenvalue weighted by atomic mass is 16.2. The van der Waals surface area contributed by atoms with Gasteiger partial charge in [-0.2, -0.15) is 5.10 Å². The topological polar surface area (TPSA) is 109 Å². The lowest BCUT2D eigenvalue weighted by Gasteiger charge is -2.13. The third-order valence-electron chi connectivity index (χ3n) is 3.42. The summed E-state index contributed by atoms with van der Waals surface area (Å²) >= 11 is 0. The van der Waals surface area contributed by atoms with E-state index >= 15 is 0 Å². The number of hydrogen-bond donors (Lipinski definition) is 4. The monoisotopic (exact) mass is 302 g/mol. The van der Waals surface area contributed by atoms with Gasteiger partial charge in [0, 0.05) is 30.5 Å². The Bertz CT molecular complexity index is 632. The molecule has 0 aromatic carbocycles. The number of pyridine rings is 1. The first-order valence-corrected chi connectivity index (χ1v) is 7.20. The highest BCUT2D eigenvalue weighted by molar-refractivity contribution is 5.83. The van der Waals surface area contributed by atoms with Crippen LogP contribution in [0.4, 0.5) is 5.82 Å². The number of carbonyl (C=O) groups excluding carboxylic acids is 1. The van der Waals surface area contributed by atoms with Crippen LogP contribution < -0.4 is 16.4 Å². The molecule has 0 bridgehead atoms. The average Bonchev–Trinajstić information content (AvgIpc) is 2.82. The molecule has 0 spiro atoms. The van der Waals surface area contributed by atoms with E-state index in [9.17, 15) is 4.79 Å². The maximum absolute atomic E-state index is 12.1. The van der Waals surface area contributed by atoms with E-state index in [1.165, 1.54) is 0 Å². The third kappa shape index (κ3) is 3.82. The van der Waals surface area contributed by atoms with Crippen LogP contribution in [-0.4, -0.2) is 34.2 Å². The van der Waals surface area contributed by atoms with E-state index in [-0.39, 0.29) is 5.91 Å². The van der Waals surface area contributed by atoms with Gasteiger partial charge in [-0.05, 0) is 38.5 Å². The standard InChI is InChI=1S/C15H22N6O/c1-9-4-5-17-12(8-9)18-6-7-19-15(22)14(16)13-10(2)20-21-11(13)3/h4-5,8,14H,6-7,16H2,1-3H3,(H,17,18)(H,19,22)(H,20,21)/t14-/m1/s1. The van der Waals surface area contributed by atoms with Gasteiger partial charge in [0.15, 0.2) is 0 Å². The first-order valence-electron chi connectivity index (χ1n) is 7.20. The van der Waals surface area contributed by atoms with Gasteiger partial charge in [-0.15, -0.1) is 0 Å². The number of aromatic nitrogens is 3. The minimum Gasteiger partial charge on any atom is -0.368 e. The fourth-order valence-corrected chi connectivity index (χ4v) is 2.27. The molecule has 0 fully saturated rings. The van der Waals surface area contributed by atoms with Gasteiger partial charge >= 0.3 is 0 Å². The van der Waals surface area contributed by atoms with Crippen LogP contribution in [-0.2, 0) is 4.79 Å². The number of nitrogens with one attached hydrogen (secondary N) is 3. The van der Waals surface area contributed by atoms with Crippen LogP contribution in [0.25, 0.3) is 0 Å². The Labute approximate surface area is 129 Å². The zero-order valence-electron chi connectivity index (χ0n) is 13.1. The van der Waals surface area contributed by atoms with Crippen molar-refractivity contribution in [2.24, 2.45) is 5.73 Å². The number of anilines is 1. The maximum atomic E-state index is 12.1. The lowest BCUT2D eigenvalue weighted by Crippen LogP contribution is -2.37. The van der Waals surface area contributed by atoms with Crippen LogP contribution >= 0.6 is 0 Å². The van der Waals surface area contributed by atoms with Gasteiger partial charge < -0.3 is 16.4 Å². The highest BCUT2D eigenvalue weighted by Crippen LogP contribution is 2.17. The molecule has 0 radical (unpaired) electrons. The average molecular weight is 302 g/mol. The van der Waals surface area contributed by atoms with Gasteiger partial charge in [0.2, 0.25) is 5.91 Å². The predicted octanol–water partition coefficient (Wildman–Crippen LogP) is 0.958. The summed E-state index contributed by atoms with van der Waals surface area (Å²) in [7, 11) is 0. The van der Waals surface area contributed by atoms with Gasteiger partial charge in [-0.1, -0.05) is 0 Å². The maximum Gasteiger partial charge on any atom is 0.241 e. The normalized spacial score (nSPS) is 12.0. The Hall–Kier alpha value is -2.41. The second kappa shape index (κ2) is 7.04. The minimum atomic E-state index is -0.712. The van der Waals surface area contributed by atoms with Crippen molar-refractivity contribution < 1.29 is 4.79 Å². The van der Waals surface area contributed by atoms with E-state index in [0.717, 1.165) is 28.3 Å². The summed E-state index contributed by atoms with van der Waals surface area (Å²) in [6.45, 7) is 6.74. The Morgan fingerprint density at radius 1 is 1.36 bits per heavy atom. The largest absolute Gasteiger partial charge is 0.368 e. The molecule has 5 N–H and O–H groups in total. The molecule has 7 nitrogen and oxygen atoms in total. The first kappa shape index (κ1) is 16.0. The Morgan fingerprint density at radius 2 is 2.14 bits per heavy atom. The summed E-state index contributed by atoms with van der Waals surface area (Å²) in [6.07, 6.45) is 1.75. The summed E-state index contributed by atoms with van der Waals surface area (Å²) in [5.74, 6) is 0.576. The molecule has 2 heterocycles. The zero-order valence-corrected chi connectivity index (χ0v) is 13.1. The Balaban J connectivity index is 1.81. The number of nitrogens with two attached hydrogens (primary N) is 1. The van der Waals surface area contributed by atoms with Gasteiger partial charge in [0.05, 0.1) is 5.69 Å². The first-order chi connectivity index (χ1) is 10.5.